The number of aromatic nitrogens is 2. The molecule has 1 aromatic heterocycles. The van der Waals surface area contributed by atoms with E-state index in [-0.39, 0.29) is 17.2 Å². The maximum absolute atomic E-state index is 13.2. The van der Waals surface area contributed by atoms with Gasteiger partial charge in [0, 0.05) is 25.5 Å². The zero-order chi connectivity index (χ0) is 24.3. The van der Waals surface area contributed by atoms with Gasteiger partial charge in [0.1, 0.15) is 12.4 Å². The van der Waals surface area contributed by atoms with Crippen LogP contribution in [-0.2, 0) is 22.6 Å². The third kappa shape index (κ3) is 7.31. The summed E-state index contributed by atoms with van der Waals surface area (Å²) in [6, 6.07) is 8.21. The van der Waals surface area contributed by atoms with Crippen LogP contribution < -0.4 is 15.4 Å². The number of piperidine rings is 1. The number of para-hydroxylation sites is 1. The van der Waals surface area contributed by atoms with Crippen molar-refractivity contribution in [3.8, 4) is 5.75 Å². The van der Waals surface area contributed by atoms with Crippen LogP contribution >= 0.6 is 0 Å². The van der Waals surface area contributed by atoms with Gasteiger partial charge in [0.25, 0.3) is 0 Å². The smallest absolute Gasteiger partial charge is 0.234 e. The molecule has 0 radical (unpaired) electrons. The van der Waals surface area contributed by atoms with Gasteiger partial charge in [-0.3, -0.25) is 14.5 Å². The molecule has 8 heteroatoms. The SMILES string of the molecule is O=C(CN1CCC2(CCCCc3ccccc3OCCNC2=O)CC1)NCCCCn1ccnc1. The maximum Gasteiger partial charge on any atom is 0.234 e. The number of aryl methyl sites for hydroxylation is 2. The monoisotopic (exact) mass is 481 g/mol. The number of hydrogen-bond donors (Lipinski definition) is 2. The molecule has 1 fully saturated rings. The van der Waals surface area contributed by atoms with Crippen LogP contribution in [0.15, 0.2) is 43.0 Å². The van der Waals surface area contributed by atoms with Gasteiger partial charge in [0.05, 0.1) is 24.8 Å². The first kappa shape index (κ1) is 25.2. The first-order valence-electron chi connectivity index (χ1n) is 13.1. The summed E-state index contributed by atoms with van der Waals surface area (Å²) in [6.07, 6.45) is 13.0. The minimum atomic E-state index is -0.334. The third-order valence-electron chi connectivity index (χ3n) is 7.36. The summed E-state index contributed by atoms with van der Waals surface area (Å²) in [4.78, 5) is 31.9. The average molecular weight is 482 g/mol. The second-order valence-corrected chi connectivity index (χ2v) is 9.83. The lowest BCUT2D eigenvalue weighted by molar-refractivity contribution is -0.135. The zero-order valence-corrected chi connectivity index (χ0v) is 20.7. The first-order chi connectivity index (χ1) is 17.1. The van der Waals surface area contributed by atoms with Crippen molar-refractivity contribution in [2.24, 2.45) is 5.41 Å². The molecule has 0 bridgehead atoms. The van der Waals surface area contributed by atoms with E-state index in [9.17, 15) is 9.59 Å². The summed E-state index contributed by atoms with van der Waals surface area (Å²) in [7, 11) is 0. The molecule has 2 N–H and O–H groups in total. The van der Waals surface area contributed by atoms with Crippen LogP contribution in [0, 0.1) is 5.41 Å². The van der Waals surface area contributed by atoms with E-state index in [1.165, 1.54) is 5.56 Å². The van der Waals surface area contributed by atoms with Crippen molar-refractivity contribution >= 4 is 11.8 Å². The maximum atomic E-state index is 13.2. The van der Waals surface area contributed by atoms with E-state index in [1.807, 2.05) is 24.7 Å². The Bertz CT molecular complexity index is 938. The van der Waals surface area contributed by atoms with Gasteiger partial charge in [-0.1, -0.05) is 24.6 Å². The van der Waals surface area contributed by atoms with Gasteiger partial charge >= 0.3 is 0 Å². The van der Waals surface area contributed by atoms with Crippen molar-refractivity contribution in [3.05, 3.63) is 48.5 Å². The summed E-state index contributed by atoms with van der Waals surface area (Å²) in [5, 5.41) is 6.18. The molecule has 2 aromatic rings. The predicted molar refractivity (Wildman–Crippen MR) is 135 cm³/mol. The molecular formula is C27H39N5O3. The average Bonchev–Trinajstić information content (AvgIpc) is 3.39. The van der Waals surface area contributed by atoms with Gasteiger partial charge in [-0.05, 0) is 69.7 Å². The van der Waals surface area contributed by atoms with E-state index in [0.29, 0.717) is 26.2 Å². The third-order valence-corrected chi connectivity index (χ3v) is 7.36. The van der Waals surface area contributed by atoms with Crippen LogP contribution in [0.4, 0.5) is 0 Å². The highest BCUT2D eigenvalue weighted by molar-refractivity contribution is 5.83. The van der Waals surface area contributed by atoms with Gasteiger partial charge in [0.2, 0.25) is 11.8 Å². The number of carbonyl (C=O) groups excluding carboxylic acids is 2. The van der Waals surface area contributed by atoms with Crippen molar-refractivity contribution in [3.63, 3.8) is 0 Å². The number of nitrogens with one attached hydrogen (secondary N) is 2. The lowest BCUT2D eigenvalue weighted by atomic mass is 9.73. The minimum Gasteiger partial charge on any atom is -0.491 e. The summed E-state index contributed by atoms with van der Waals surface area (Å²) >= 11 is 0. The van der Waals surface area contributed by atoms with Crippen LogP contribution in [-0.4, -0.2) is 65.6 Å². The Morgan fingerprint density at radius 2 is 2.00 bits per heavy atom. The van der Waals surface area contributed by atoms with Crippen molar-refractivity contribution in [1.82, 2.24) is 25.1 Å². The van der Waals surface area contributed by atoms with Crippen molar-refractivity contribution < 1.29 is 14.3 Å². The van der Waals surface area contributed by atoms with E-state index in [0.717, 1.165) is 76.8 Å². The van der Waals surface area contributed by atoms with E-state index in [2.05, 4.69) is 37.2 Å². The van der Waals surface area contributed by atoms with E-state index in [4.69, 9.17) is 4.74 Å². The molecule has 2 aliphatic heterocycles. The van der Waals surface area contributed by atoms with E-state index in [1.54, 1.807) is 6.20 Å². The van der Waals surface area contributed by atoms with E-state index < -0.39 is 0 Å². The molecule has 2 amide bonds. The summed E-state index contributed by atoms with van der Waals surface area (Å²) in [6.45, 7) is 4.57. The number of carbonyl (C=O) groups is 2. The Kier molecular flexibility index (Phi) is 9.17. The Morgan fingerprint density at radius 3 is 2.83 bits per heavy atom. The number of unbranched alkanes of at least 4 members (excludes halogenated alkanes) is 1. The molecule has 0 aliphatic carbocycles. The van der Waals surface area contributed by atoms with Crippen LogP contribution in [0.3, 0.4) is 0 Å². The van der Waals surface area contributed by atoms with Crippen molar-refractivity contribution in [2.45, 2.75) is 57.9 Å². The Morgan fingerprint density at radius 1 is 1.14 bits per heavy atom. The number of imidazole rings is 1. The Labute approximate surface area is 208 Å². The minimum absolute atomic E-state index is 0.0718. The molecule has 4 rings (SSSR count). The Hall–Kier alpha value is -2.87. The van der Waals surface area contributed by atoms with Gasteiger partial charge in [0.15, 0.2) is 0 Å². The van der Waals surface area contributed by atoms with Gasteiger partial charge in [-0.15, -0.1) is 0 Å². The second-order valence-electron chi connectivity index (χ2n) is 9.83. The zero-order valence-electron chi connectivity index (χ0n) is 20.7. The molecule has 1 spiro atoms. The summed E-state index contributed by atoms with van der Waals surface area (Å²) < 4.78 is 7.99. The van der Waals surface area contributed by atoms with Crippen LogP contribution in [0.2, 0.25) is 0 Å². The standard InChI is InChI=1S/C27H39N5O3/c33-25(29-13-5-6-16-32-19-14-28-22-32)21-31-17-11-27(12-18-31)10-4-3-8-23-7-1-2-9-24(23)35-20-15-30-26(27)34/h1-2,7,9,14,19,22H,3-6,8,10-13,15-18,20-21H2,(H,29,33)(H,30,34). The first-order valence-corrected chi connectivity index (χ1v) is 13.1. The molecule has 0 atom stereocenters. The highest BCUT2D eigenvalue weighted by atomic mass is 16.5. The molecule has 1 aromatic carbocycles. The highest BCUT2D eigenvalue weighted by Gasteiger charge is 2.40. The van der Waals surface area contributed by atoms with Gasteiger partial charge in [-0.25, -0.2) is 4.98 Å². The number of benzene rings is 1. The molecular weight excluding hydrogens is 442 g/mol. The normalized spacial score (nSPS) is 19.0. The number of rotatable bonds is 7. The predicted octanol–water partition coefficient (Wildman–Crippen LogP) is 2.78. The number of fused-ring (bicyclic) bond motifs is 1. The van der Waals surface area contributed by atoms with Crippen LogP contribution in [0.5, 0.6) is 5.75 Å². The van der Waals surface area contributed by atoms with Crippen LogP contribution in [0.25, 0.3) is 0 Å². The lowest BCUT2D eigenvalue weighted by Crippen LogP contribution is -2.51. The van der Waals surface area contributed by atoms with Crippen molar-refractivity contribution in [1.29, 1.82) is 0 Å². The fraction of sp³-hybridized carbons (Fsp3) is 0.593. The molecule has 0 saturated carbocycles. The largest absolute Gasteiger partial charge is 0.491 e. The molecule has 8 nitrogen and oxygen atoms in total. The molecule has 2 aliphatic rings. The molecule has 1 saturated heterocycles. The molecule has 0 unspecified atom stereocenters. The quantitative estimate of drug-likeness (QED) is 0.594. The molecule has 190 valence electrons. The topological polar surface area (TPSA) is 88.5 Å². The lowest BCUT2D eigenvalue weighted by Gasteiger charge is -2.40. The number of ether oxygens (including phenoxy) is 1. The van der Waals surface area contributed by atoms with Gasteiger partial charge in [-0.2, -0.15) is 0 Å². The molecule has 35 heavy (non-hydrogen) atoms. The van der Waals surface area contributed by atoms with Crippen LogP contribution in [0.1, 0.15) is 50.5 Å². The van der Waals surface area contributed by atoms with E-state index >= 15 is 0 Å². The number of likely N-dealkylation sites (tertiary alicyclic amines) is 1. The molecule has 3 heterocycles. The number of amides is 2. The fourth-order valence-electron chi connectivity index (χ4n) is 5.20. The fourth-order valence-corrected chi connectivity index (χ4v) is 5.20. The van der Waals surface area contributed by atoms with Gasteiger partial charge < -0.3 is 19.9 Å². The second kappa shape index (κ2) is 12.7. The number of hydrogen-bond acceptors (Lipinski definition) is 5. The highest BCUT2D eigenvalue weighted by Crippen LogP contribution is 2.37. The Balaban J connectivity index is 1.20. The number of nitrogens with zero attached hydrogens (tertiary/aromatic N) is 3. The summed E-state index contributed by atoms with van der Waals surface area (Å²) in [5.74, 6) is 1.15. The summed E-state index contributed by atoms with van der Waals surface area (Å²) in [5.41, 5.74) is 0.912. The van der Waals surface area contributed by atoms with Crippen molar-refractivity contribution in [2.75, 3.05) is 39.3 Å².